The number of nitriles is 1. The van der Waals surface area contributed by atoms with Crippen LogP contribution in [0.4, 0.5) is 21.0 Å². The van der Waals surface area contributed by atoms with Gasteiger partial charge in [-0.2, -0.15) is 10.3 Å². The summed E-state index contributed by atoms with van der Waals surface area (Å²) in [4.78, 5) is 56.0. The van der Waals surface area contributed by atoms with E-state index in [9.17, 15) is 19.2 Å². The second kappa shape index (κ2) is 10.1. The van der Waals surface area contributed by atoms with Crippen molar-refractivity contribution in [1.82, 2.24) is 4.90 Å². The summed E-state index contributed by atoms with van der Waals surface area (Å²) in [6, 6.07) is 12.7. The van der Waals surface area contributed by atoms with E-state index in [0.717, 1.165) is 4.90 Å². The molecule has 2 aromatic rings. The maximum Gasteiger partial charge on any atom is 0.347 e. The lowest BCUT2D eigenvalue weighted by atomic mass is 10.1. The van der Waals surface area contributed by atoms with E-state index in [1.807, 2.05) is 6.07 Å². The van der Waals surface area contributed by atoms with Gasteiger partial charge in [-0.25, -0.2) is 24.1 Å². The summed E-state index contributed by atoms with van der Waals surface area (Å²) in [5.74, 6) is -1.35. The van der Waals surface area contributed by atoms with Crippen LogP contribution in [0.15, 0.2) is 53.5 Å². The zero-order valence-corrected chi connectivity index (χ0v) is 17.8. The van der Waals surface area contributed by atoms with Crippen molar-refractivity contribution in [2.45, 2.75) is 0 Å². The third kappa shape index (κ3) is 4.80. The number of carbonyl (C=O) groups excluding carboxylic acids is 4. The summed E-state index contributed by atoms with van der Waals surface area (Å²) in [6.07, 6.45) is 0. The van der Waals surface area contributed by atoms with Gasteiger partial charge in [0.15, 0.2) is 0 Å². The zero-order chi connectivity index (χ0) is 24.0. The molecule has 0 radical (unpaired) electrons. The number of aliphatic imine (C=N–C) groups is 1. The number of carbonyl (C=O) groups is 4. The molecule has 11 heteroatoms. The highest BCUT2D eigenvalue weighted by molar-refractivity contribution is 6.26. The van der Waals surface area contributed by atoms with Gasteiger partial charge in [-0.15, -0.1) is 0 Å². The number of urea groups is 2. The average Bonchev–Trinajstić information content (AvgIpc) is 3.12. The Morgan fingerprint density at radius 2 is 1.64 bits per heavy atom. The van der Waals surface area contributed by atoms with E-state index in [4.69, 9.17) is 14.7 Å². The molecule has 1 fully saturated rings. The fourth-order valence-corrected chi connectivity index (χ4v) is 3.19. The Morgan fingerprint density at radius 1 is 1.03 bits per heavy atom. The number of rotatable bonds is 5. The van der Waals surface area contributed by atoms with Crippen LogP contribution >= 0.6 is 0 Å². The molecule has 4 amide bonds. The Morgan fingerprint density at radius 3 is 2.30 bits per heavy atom. The van der Waals surface area contributed by atoms with Gasteiger partial charge in [0.2, 0.25) is 0 Å². The van der Waals surface area contributed by atoms with Crippen molar-refractivity contribution in [3.8, 4) is 6.07 Å². The molecule has 0 bridgehead atoms. The molecular formula is C22H19N5O6. The second-order valence-corrected chi connectivity index (χ2v) is 6.64. The number of hydrogen-bond acceptors (Lipinski definition) is 7. The van der Waals surface area contributed by atoms with Crippen molar-refractivity contribution in [1.29, 1.82) is 5.26 Å². The Kier molecular flexibility index (Phi) is 7.00. The summed E-state index contributed by atoms with van der Waals surface area (Å²) in [6.45, 7) is -0.393. The summed E-state index contributed by atoms with van der Waals surface area (Å²) in [5, 5.41) is 11.5. The number of para-hydroxylation sites is 2. The lowest BCUT2D eigenvalue weighted by Gasteiger charge is -2.19. The minimum atomic E-state index is -0.867. The van der Waals surface area contributed by atoms with Crippen molar-refractivity contribution in [3.05, 3.63) is 59.7 Å². The molecule has 0 spiro atoms. The topological polar surface area (TPSA) is 141 Å². The van der Waals surface area contributed by atoms with Crippen LogP contribution in [0.3, 0.4) is 0 Å². The van der Waals surface area contributed by atoms with Crippen LogP contribution in [0.2, 0.25) is 0 Å². The molecular weight excluding hydrogens is 430 g/mol. The van der Waals surface area contributed by atoms with Crippen LogP contribution in [0.5, 0.6) is 0 Å². The molecule has 1 heterocycles. The number of benzene rings is 2. The SMILES string of the molecule is COC(=O)c1ccccc1NC(=O)/N=C1\CN(CC#N)C(=O)N1c1ccccc1C(=O)OC. The lowest BCUT2D eigenvalue weighted by Crippen LogP contribution is -2.34. The van der Waals surface area contributed by atoms with E-state index >= 15 is 0 Å². The minimum absolute atomic E-state index is 0.0142. The fraction of sp³-hybridized carbons (Fsp3) is 0.182. The molecule has 11 nitrogen and oxygen atoms in total. The number of amidine groups is 1. The Labute approximate surface area is 188 Å². The first-order chi connectivity index (χ1) is 15.9. The number of ether oxygens (including phenoxy) is 2. The molecule has 3 rings (SSSR count). The predicted octanol–water partition coefficient (Wildman–Crippen LogP) is 2.66. The monoisotopic (exact) mass is 449 g/mol. The molecule has 33 heavy (non-hydrogen) atoms. The Hall–Kier alpha value is -4.72. The first kappa shape index (κ1) is 23.0. The number of esters is 2. The third-order valence-electron chi connectivity index (χ3n) is 4.67. The van der Waals surface area contributed by atoms with Crippen molar-refractivity contribution in [3.63, 3.8) is 0 Å². The number of methoxy groups -OCH3 is 2. The quantitative estimate of drug-likeness (QED) is 0.546. The second-order valence-electron chi connectivity index (χ2n) is 6.64. The van der Waals surface area contributed by atoms with Crippen molar-refractivity contribution in [2.24, 2.45) is 4.99 Å². The molecule has 0 atom stereocenters. The molecule has 1 aliphatic heterocycles. The number of hydrogen-bond donors (Lipinski definition) is 1. The van der Waals surface area contributed by atoms with Crippen LogP contribution < -0.4 is 10.2 Å². The summed E-state index contributed by atoms with van der Waals surface area (Å²) < 4.78 is 9.49. The highest BCUT2D eigenvalue weighted by Gasteiger charge is 2.38. The van der Waals surface area contributed by atoms with Gasteiger partial charge in [0.1, 0.15) is 12.4 Å². The van der Waals surface area contributed by atoms with Crippen molar-refractivity contribution < 1.29 is 28.7 Å². The smallest absolute Gasteiger partial charge is 0.347 e. The van der Waals surface area contributed by atoms with Gasteiger partial charge < -0.3 is 19.7 Å². The van der Waals surface area contributed by atoms with Crippen molar-refractivity contribution in [2.75, 3.05) is 37.5 Å². The Balaban J connectivity index is 1.99. The molecule has 1 N–H and O–H groups in total. The highest BCUT2D eigenvalue weighted by atomic mass is 16.5. The first-order valence-corrected chi connectivity index (χ1v) is 9.60. The van der Waals surface area contributed by atoms with Gasteiger partial charge in [-0.05, 0) is 24.3 Å². The molecule has 0 aromatic heterocycles. The van der Waals surface area contributed by atoms with E-state index in [-0.39, 0.29) is 41.4 Å². The minimum Gasteiger partial charge on any atom is -0.465 e. The van der Waals surface area contributed by atoms with E-state index in [1.54, 1.807) is 24.3 Å². The van der Waals surface area contributed by atoms with Crippen LogP contribution in [0.1, 0.15) is 20.7 Å². The molecule has 1 aliphatic rings. The highest BCUT2D eigenvalue weighted by Crippen LogP contribution is 2.27. The van der Waals surface area contributed by atoms with E-state index in [2.05, 4.69) is 10.3 Å². The first-order valence-electron chi connectivity index (χ1n) is 9.60. The van der Waals surface area contributed by atoms with Gasteiger partial charge in [0.25, 0.3) is 0 Å². The Bertz CT molecular complexity index is 1190. The van der Waals surface area contributed by atoms with Crippen LogP contribution in [-0.2, 0) is 9.47 Å². The van der Waals surface area contributed by atoms with Gasteiger partial charge in [0.05, 0.1) is 49.3 Å². The lowest BCUT2D eigenvalue weighted by molar-refractivity contribution is 0.0593. The predicted molar refractivity (Wildman–Crippen MR) is 117 cm³/mol. The average molecular weight is 449 g/mol. The van der Waals surface area contributed by atoms with Gasteiger partial charge >= 0.3 is 24.0 Å². The normalized spacial score (nSPS) is 14.1. The number of anilines is 2. The number of nitrogens with zero attached hydrogens (tertiary/aromatic N) is 4. The van der Waals surface area contributed by atoms with Crippen LogP contribution in [0.25, 0.3) is 0 Å². The zero-order valence-electron chi connectivity index (χ0n) is 17.8. The van der Waals surface area contributed by atoms with Crippen molar-refractivity contribution >= 4 is 41.2 Å². The van der Waals surface area contributed by atoms with Crippen LogP contribution in [-0.4, -0.2) is 62.0 Å². The summed E-state index contributed by atoms with van der Waals surface area (Å²) >= 11 is 0. The maximum absolute atomic E-state index is 13.0. The largest absolute Gasteiger partial charge is 0.465 e. The molecule has 0 aliphatic carbocycles. The summed E-state index contributed by atoms with van der Waals surface area (Å²) in [5.41, 5.74) is 0.515. The van der Waals surface area contributed by atoms with Crippen LogP contribution in [0, 0.1) is 11.3 Å². The number of amides is 4. The van der Waals surface area contributed by atoms with E-state index in [0.29, 0.717) is 0 Å². The molecule has 0 unspecified atom stereocenters. The van der Waals surface area contributed by atoms with E-state index in [1.165, 1.54) is 43.4 Å². The van der Waals surface area contributed by atoms with E-state index < -0.39 is 24.0 Å². The standard InChI is InChI=1S/C22H19N5O6/c1-32-19(28)14-7-3-5-9-16(14)24-21(30)25-18-13-26(12-11-23)22(31)27(18)17-10-6-4-8-15(17)20(29)33-2/h3-10H,12-13H2,1-2H3,(H,24,30)/b25-18+. The van der Waals surface area contributed by atoms with Gasteiger partial charge in [0, 0.05) is 0 Å². The van der Waals surface area contributed by atoms with Gasteiger partial charge in [-0.3, -0.25) is 0 Å². The molecule has 168 valence electrons. The maximum atomic E-state index is 13.0. The molecule has 2 aromatic carbocycles. The molecule has 0 saturated carbocycles. The summed E-state index contributed by atoms with van der Waals surface area (Å²) in [7, 11) is 2.42. The fourth-order valence-electron chi connectivity index (χ4n) is 3.19. The molecule has 1 saturated heterocycles. The third-order valence-corrected chi connectivity index (χ3v) is 4.67. The van der Waals surface area contributed by atoms with Gasteiger partial charge in [-0.1, -0.05) is 24.3 Å². The number of nitrogens with one attached hydrogen (secondary N) is 1.